The van der Waals surface area contributed by atoms with Gasteiger partial charge in [-0.2, -0.15) is 0 Å². The molecule has 0 unspecified atom stereocenters. The molecule has 3 rings (SSSR count). The molecule has 3 aromatic rings. The highest BCUT2D eigenvalue weighted by molar-refractivity contribution is 5.98. The van der Waals surface area contributed by atoms with E-state index in [-0.39, 0.29) is 11.9 Å². The van der Waals surface area contributed by atoms with Crippen LogP contribution in [0.25, 0.3) is 11.0 Å². The summed E-state index contributed by atoms with van der Waals surface area (Å²) in [6, 6.07) is 12.8. The number of hydrogen-bond acceptors (Lipinski definition) is 6. The Morgan fingerprint density at radius 1 is 1.00 bits per heavy atom. The molecule has 200 valence electrons. The molecular formula is C29H41N5O3. The molecule has 0 spiro atoms. The Bertz CT molecular complexity index is 1170. The van der Waals surface area contributed by atoms with Gasteiger partial charge < -0.3 is 25.3 Å². The summed E-state index contributed by atoms with van der Waals surface area (Å²) in [7, 11) is 1.36. The van der Waals surface area contributed by atoms with E-state index in [0.717, 1.165) is 49.1 Å². The number of amides is 1. The second-order valence-corrected chi connectivity index (χ2v) is 10.3. The van der Waals surface area contributed by atoms with Gasteiger partial charge in [0.25, 0.3) is 5.91 Å². The largest absolute Gasteiger partial charge is 0.465 e. The van der Waals surface area contributed by atoms with Crippen molar-refractivity contribution in [1.82, 2.24) is 14.5 Å². The van der Waals surface area contributed by atoms with Crippen molar-refractivity contribution in [3.8, 4) is 0 Å². The van der Waals surface area contributed by atoms with E-state index in [0.29, 0.717) is 42.0 Å². The Morgan fingerprint density at radius 3 is 2.19 bits per heavy atom. The van der Waals surface area contributed by atoms with Gasteiger partial charge in [-0.25, -0.2) is 9.78 Å². The van der Waals surface area contributed by atoms with Gasteiger partial charge in [-0.3, -0.25) is 4.79 Å². The first kappa shape index (κ1) is 28.2. The Balaban J connectivity index is 1.92. The standard InChI is InChI=1S/C29H41N5O3/c1-20(2)13-17-33(18-14-21(3)4)27(35)23-9-12-25-26(19-23)34(16-6-15-30)29(32-25)31-24-10-7-22(8-11-24)28(36)37-5/h7-12,19-21H,6,13-18,30H2,1-5H3,(H,31,32). The third-order valence-electron chi connectivity index (χ3n) is 6.38. The van der Waals surface area contributed by atoms with Gasteiger partial charge >= 0.3 is 5.97 Å². The number of nitrogens with one attached hydrogen (secondary N) is 1. The van der Waals surface area contributed by atoms with E-state index in [9.17, 15) is 9.59 Å². The number of carbonyl (C=O) groups excluding carboxylic acids is 2. The zero-order chi connectivity index (χ0) is 26.9. The number of fused-ring (bicyclic) bond motifs is 1. The second-order valence-electron chi connectivity index (χ2n) is 10.3. The Hall–Kier alpha value is -3.39. The van der Waals surface area contributed by atoms with Crippen molar-refractivity contribution < 1.29 is 14.3 Å². The van der Waals surface area contributed by atoms with Crippen LogP contribution in [0.5, 0.6) is 0 Å². The van der Waals surface area contributed by atoms with Gasteiger partial charge in [0.05, 0.1) is 23.7 Å². The summed E-state index contributed by atoms with van der Waals surface area (Å²) < 4.78 is 6.85. The lowest BCUT2D eigenvalue weighted by Gasteiger charge is -2.24. The van der Waals surface area contributed by atoms with E-state index >= 15 is 0 Å². The molecule has 2 aromatic carbocycles. The van der Waals surface area contributed by atoms with Crippen molar-refractivity contribution in [2.75, 3.05) is 32.1 Å². The van der Waals surface area contributed by atoms with Crippen LogP contribution in [-0.4, -0.2) is 53.1 Å². The van der Waals surface area contributed by atoms with E-state index in [4.69, 9.17) is 15.5 Å². The van der Waals surface area contributed by atoms with E-state index in [1.54, 1.807) is 12.1 Å². The molecule has 1 amide bonds. The lowest BCUT2D eigenvalue weighted by Crippen LogP contribution is -2.34. The first-order valence-electron chi connectivity index (χ1n) is 13.2. The van der Waals surface area contributed by atoms with Gasteiger partial charge in [0.2, 0.25) is 5.95 Å². The minimum Gasteiger partial charge on any atom is -0.465 e. The van der Waals surface area contributed by atoms with Crippen molar-refractivity contribution >= 4 is 34.5 Å². The Morgan fingerprint density at radius 2 is 1.62 bits per heavy atom. The van der Waals surface area contributed by atoms with Crippen molar-refractivity contribution in [3.63, 3.8) is 0 Å². The number of aromatic nitrogens is 2. The van der Waals surface area contributed by atoms with Gasteiger partial charge in [-0.05, 0) is 80.1 Å². The molecular weight excluding hydrogens is 466 g/mol. The molecule has 0 aliphatic heterocycles. The first-order chi connectivity index (χ1) is 17.7. The lowest BCUT2D eigenvalue weighted by atomic mass is 10.1. The highest BCUT2D eigenvalue weighted by atomic mass is 16.5. The Kier molecular flexibility index (Phi) is 10.1. The molecule has 1 heterocycles. The van der Waals surface area contributed by atoms with Crippen molar-refractivity contribution in [3.05, 3.63) is 53.6 Å². The molecule has 0 atom stereocenters. The molecule has 0 saturated heterocycles. The SMILES string of the molecule is COC(=O)c1ccc(Nc2nc3ccc(C(=O)N(CCC(C)C)CCC(C)C)cc3n2CCCN)cc1. The van der Waals surface area contributed by atoms with Crippen LogP contribution in [0.3, 0.4) is 0 Å². The van der Waals surface area contributed by atoms with Crippen LogP contribution in [0.2, 0.25) is 0 Å². The van der Waals surface area contributed by atoms with Crippen LogP contribution in [-0.2, 0) is 11.3 Å². The van der Waals surface area contributed by atoms with Gasteiger partial charge in [0.1, 0.15) is 0 Å². The summed E-state index contributed by atoms with van der Waals surface area (Å²) in [5.41, 5.74) is 9.46. The fraction of sp³-hybridized carbons (Fsp3) is 0.483. The lowest BCUT2D eigenvalue weighted by molar-refractivity contribution is 0.0600. The summed E-state index contributed by atoms with van der Waals surface area (Å²) in [6.45, 7) is 11.5. The summed E-state index contributed by atoms with van der Waals surface area (Å²) in [5.74, 6) is 1.41. The first-order valence-corrected chi connectivity index (χ1v) is 13.2. The van der Waals surface area contributed by atoms with Crippen LogP contribution in [0.4, 0.5) is 11.6 Å². The maximum Gasteiger partial charge on any atom is 0.337 e. The number of benzene rings is 2. The minimum atomic E-state index is -0.380. The van der Waals surface area contributed by atoms with Crippen LogP contribution in [0.15, 0.2) is 42.5 Å². The van der Waals surface area contributed by atoms with E-state index < -0.39 is 0 Å². The van der Waals surface area contributed by atoms with Crippen LogP contribution in [0, 0.1) is 11.8 Å². The topological polar surface area (TPSA) is 102 Å². The van der Waals surface area contributed by atoms with E-state index in [1.807, 2.05) is 35.2 Å². The van der Waals surface area contributed by atoms with Gasteiger partial charge in [0, 0.05) is 30.9 Å². The highest BCUT2D eigenvalue weighted by Crippen LogP contribution is 2.25. The molecule has 3 N–H and O–H groups in total. The average Bonchev–Trinajstić information content (AvgIpc) is 3.22. The third kappa shape index (κ3) is 7.55. The molecule has 37 heavy (non-hydrogen) atoms. The summed E-state index contributed by atoms with van der Waals surface area (Å²) in [4.78, 5) is 32.1. The number of ether oxygens (including phenoxy) is 1. The molecule has 1 aromatic heterocycles. The predicted molar refractivity (Wildman–Crippen MR) is 149 cm³/mol. The number of nitrogens with zero attached hydrogens (tertiary/aromatic N) is 3. The molecule has 0 bridgehead atoms. The minimum absolute atomic E-state index is 0.0580. The van der Waals surface area contributed by atoms with Crippen LogP contribution >= 0.6 is 0 Å². The number of rotatable bonds is 13. The molecule has 0 fully saturated rings. The summed E-state index contributed by atoms with van der Waals surface area (Å²) in [5, 5.41) is 3.36. The quantitative estimate of drug-likeness (QED) is 0.298. The Labute approximate surface area is 220 Å². The number of methoxy groups -OCH3 is 1. The van der Waals surface area contributed by atoms with Gasteiger partial charge in [0.15, 0.2) is 0 Å². The summed E-state index contributed by atoms with van der Waals surface area (Å²) in [6.07, 6.45) is 2.72. The van der Waals surface area contributed by atoms with Crippen LogP contribution < -0.4 is 11.1 Å². The highest BCUT2D eigenvalue weighted by Gasteiger charge is 2.19. The van der Waals surface area contributed by atoms with E-state index in [1.165, 1.54) is 7.11 Å². The number of nitrogens with two attached hydrogens (primary N) is 1. The number of anilines is 2. The number of carbonyl (C=O) groups is 2. The zero-order valence-corrected chi connectivity index (χ0v) is 22.8. The average molecular weight is 508 g/mol. The van der Waals surface area contributed by atoms with Crippen molar-refractivity contribution in [2.45, 2.75) is 53.5 Å². The maximum absolute atomic E-state index is 13.6. The molecule has 0 aliphatic rings. The number of imidazole rings is 1. The molecule has 0 aliphatic carbocycles. The fourth-order valence-corrected chi connectivity index (χ4v) is 4.09. The maximum atomic E-state index is 13.6. The fourth-order valence-electron chi connectivity index (χ4n) is 4.09. The number of aryl methyl sites for hydroxylation is 1. The predicted octanol–water partition coefficient (Wildman–Crippen LogP) is 5.45. The summed E-state index contributed by atoms with van der Waals surface area (Å²) >= 11 is 0. The monoisotopic (exact) mass is 507 g/mol. The van der Waals surface area contributed by atoms with Gasteiger partial charge in [-0.1, -0.05) is 27.7 Å². The third-order valence-corrected chi connectivity index (χ3v) is 6.38. The zero-order valence-electron chi connectivity index (χ0n) is 22.8. The van der Waals surface area contributed by atoms with Crippen LogP contribution in [0.1, 0.15) is 67.7 Å². The number of esters is 1. The second kappa shape index (κ2) is 13.2. The molecule has 0 radical (unpaired) electrons. The normalized spacial score (nSPS) is 11.4. The van der Waals surface area contributed by atoms with E-state index in [2.05, 4.69) is 37.6 Å². The van der Waals surface area contributed by atoms with Crippen molar-refractivity contribution in [2.24, 2.45) is 17.6 Å². The molecule has 0 saturated carbocycles. The molecule has 8 heteroatoms. The number of hydrogen-bond donors (Lipinski definition) is 2. The van der Waals surface area contributed by atoms with Gasteiger partial charge in [-0.15, -0.1) is 0 Å². The van der Waals surface area contributed by atoms with Crippen molar-refractivity contribution in [1.29, 1.82) is 0 Å². The smallest absolute Gasteiger partial charge is 0.337 e. The molecule has 8 nitrogen and oxygen atoms in total.